The third kappa shape index (κ3) is 3.13. The topological polar surface area (TPSA) is 59.1 Å². The van der Waals surface area contributed by atoms with Crippen LogP contribution in [0.3, 0.4) is 0 Å². The van der Waals surface area contributed by atoms with Gasteiger partial charge in [0.1, 0.15) is 5.75 Å². The first-order valence-electron chi connectivity index (χ1n) is 6.21. The van der Waals surface area contributed by atoms with E-state index in [4.69, 9.17) is 15.9 Å². The lowest BCUT2D eigenvalue weighted by molar-refractivity contribution is 0.480. The maximum atomic E-state index is 7.45. The van der Waals surface area contributed by atoms with Crippen LogP contribution in [0, 0.1) is 5.41 Å². The van der Waals surface area contributed by atoms with Crippen molar-refractivity contribution in [2.75, 3.05) is 5.73 Å². The molecular weight excluding hydrogens is 236 g/mol. The van der Waals surface area contributed by atoms with Gasteiger partial charge in [-0.1, -0.05) is 24.3 Å². The Bertz CT molecular complexity index is 644. The van der Waals surface area contributed by atoms with E-state index < -0.39 is 0 Å². The largest absolute Gasteiger partial charge is 0.464 e. The summed E-state index contributed by atoms with van der Waals surface area (Å²) in [6.07, 6.45) is 2.34. The van der Waals surface area contributed by atoms with Crippen LogP contribution in [-0.4, -0.2) is 5.71 Å². The molecule has 0 spiro atoms. The van der Waals surface area contributed by atoms with E-state index in [1.54, 1.807) is 13.2 Å². The van der Waals surface area contributed by atoms with Gasteiger partial charge in [0.15, 0.2) is 0 Å². The second-order valence-corrected chi connectivity index (χ2v) is 4.74. The minimum Gasteiger partial charge on any atom is -0.464 e. The van der Waals surface area contributed by atoms with Crippen LogP contribution >= 0.6 is 0 Å². The Hall–Kier alpha value is -2.29. The average Bonchev–Trinajstić information content (AvgIpc) is 2.37. The Morgan fingerprint density at radius 3 is 2.53 bits per heavy atom. The van der Waals surface area contributed by atoms with Crippen molar-refractivity contribution in [3.63, 3.8) is 0 Å². The van der Waals surface area contributed by atoms with Crippen molar-refractivity contribution >= 4 is 22.2 Å². The molecule has 0 fully saturated rings. The van der Waals surface area contributed by atoms with Crippen LogP contribution in [0.5, 0.6) is 5.75 Å². The molecule has 19 heavy (non-hydrogen) atoms. The maximum Gasteiger partial charge on any atom is 0.134 e. The molecule has 0 heterocycles. The molecule has 0 aliphatic carbocycles. The number of benzene rings is 2. The smallest absolute Gasteiger partial charge is 0.134 e. The van der Waals surface area contributed by atoms with E-state index in [-0.39, 0.29) is 0 Å². The number of hydrogen-bond donors (Lipinski definition) is 2. The standard InChI is InChI=1S/C16H18N2O/c1-11(9-12(2)17)10-19-16-8-7-15(18)13-5-3-4-6-14(13)16/h3-8,10,17H,9,18H2,1-2H3/b11-10+,17-12?. The number of hydrogen-bond acceptors (Lipinski definition) is 3. The van der Waals surface area contributed by atoms with Gasteiger partial charge in [-0.15, -0.1) is 0 Å². The second kappa shape index (κ2) is 5.57. The van der Waals surface area contributed by atoms with Crippen LogP contribution in [0.4, 0.5) is 5.69 Å². The lowest BCUT2D eigenvalue weighted by atomic mass is 10.1. The highest BCUT2D eigenvalue weighted by Gasteiger charge is 2.04. The van der Waals surface area contributed by atoms with Gasteiger partial charge in [0.2, 0.25) is 0 Å². The molecule has 2 rings (SSSR count). The van der Waals surface area contributed by atoms with Gasteiger partial charge in [-0.05, 0) is 31.6 Å². The van der Waals surface area contributed by atoms with Gasteiger partial charge in [-0.2, -0.15) is 0 Å². The van der Waals surface area contributed by atoms with Gasteiger partial charge in [-0.25, -0.2) is 0 Å². The molecule has 0 unspecified atom stereocenters. The van der Waals surface area contributed by atoms with Crippen LogP contribution < -0.4 is 10.5 Å². The SMILES string of the molecule is CC(=N)C/C(C)=C/Oc1ccc(N)c2ccccc12. The summed E-state index contributed by atoms with van der Waals surface area (Å²) in [5.74, 6) is 0.784. The molecule has 3 N–H and O–H groups in total. The first-order valence-corrected chi connectivity index (χ1v) is 6.21. The Balaban J connectivity index is 2.31. The Morgan fingerprint density at radius 2 is 1.84 bits per heavy atom. The lowest BCUT2D eigenvalue weighted by Crippen LogP contribution is -1.93. The summed E-state index contributed by atoms with van der Waals surface area (Å²) in [6.45, 7) is 3.74. The summed E-state index contributed by atoms with van der Waals surface area (Å²) in [5.41, 5.74) is 8.34. The van der Waals surface area contributed by atoms with Crippen LogP contribution in [0.25, 0.3) is 10.8 Å². The molecule has 0 aliphatic heterocycles. The average molecular weight is 254 g/mol. The first-order chi connectivity index (χ1) is 9.08. The van der Waals surface area contributed by atoms with Crippen molar-refractivity contribution in [3.05, 3.63) is 48.2 Å². The van der Waals surface area contributed by atoms with Crippen LogP contribution in [0.2, 0.25) is 0 Å². The van der Waals surface area contributed by atoms with E-state index in [2.05, 4.69) is 0 Å². The number of rotatable bonds is 4. The minimum absolute atomic E-state index is 0.625. The van der Waals surface area contributed by atoms with Gasteiger partial charge < -0.3 is 15.9 Å². The van der Waals surface area contributed by atoms with Gasteiger partial charge in [-0.3, -0.25) is 0 Å². The molecule has 0 atom stereocenters. The molecule has 0 amide bonds. The van der Waals surface area contributed by atoms with E-state index in [0.29, 0.717) is 12.1 Å². The third-order valence-electron chi connectivity index (χ3n) is 2.85. The van der Waals surface area contributed by atoms with E-state index in [1.165, 1.54) is 0 Å². The molecule has 0 bridgehead atoms. The number of nitrogens with two attached hydrogens (primary N) is 1. The zero-order valence-corrected chi connectivity index (χ0v) is 11.2. The van der Waals surface area contributed by atoms with Crippen molar-refractivity contribution in [1.82, 2.24) is 0 Å². The Morgan fingerprint density at radius 1 is 1.16 bits per heavy atom. The van der Waals surface area contributed by atoms with Gasteiger partial charge >= 0.3 is 0 Å². The predicted octanol–water partition coefficient (Wildman–Crippen LogP) is 4.13. The molecule has 3 nitrogen and oxygen atoms in total. The minimum atomic E-state index is 0.625. The zero-order valence-electron chi connectivity index (χ0n) is 11.2. The van der Waals surface area contributed by atoms with Crippen LogP contribution in [-0.2, 0) is 0 Å². The quantitative estimate of drug-likeness (QED) is 0.489. The van der Waals surface area contributed by atoms with Gasteiger partial charge in [0, 0.05) is 28.6 Å². The van der Waals surface area contributed by atoms with E-state index in [0.717, 1.165) is 27.8 Å². The Labute approximate surface area is 113 Å². The monoisotopic (exact) mass is 254 g/mol. The highest BCUT2D eigenvalue weighted by atomic mass is 16.5. The molecule has 98 valence electrons. The number of nitrogen functional groups attached to an aromatic ring is 1. The first kappa shape index (κ1) is 13.1. The summed E-state index contributed by atoms with van der Waals surface area (Å²) in [7, 11) is 0. The summed E-state index contributed by atoms with van der Waals surface area (Å²) in [4.78, 5) is 0. The normalized spacial score (nSPS) is 11.6. The number of allylic oxidation sites excluding steroid dienone is 1. The fraction of sp³-hybridized carbons (Fsp3) is 0.188. The molecule has 0 saturated heterocycles. The molecule has 2 aromatic rings. The van der Waals surface area contributed by atoms with Crippen molar-refractivity contribution in [1.29, 1.82) is 5.41 Å². The van der Waals surface area contributed by atoms with Crippen molar-refractivity contribution in [2.45, 2.75) is 20.3 Å². The van der Waals surface area contributed by atoms with E-state index in [9.17, 15) is 0 Å². The van der Waals surface area contributed by atoms with E-state index in [1.807, 2.05) is 43.3 Å². The summed E-state index contributed by atoms with van der Waals surface area (Å²) < 4.78 is 5.72. The van der Waals surface area contributed by atoms with E-state index >= 15 is 0 Å². The summed E-state index contributed by atoms with van der Waals surface area (Å²) in [5, 5.41) is 9.45. The fourth-order valence-electron chi connectivity index (χ4n) is 2.02. The second-order valence-electron chi connectivity index (χ2n) is 4.74. The van der Waals surface area contributed by atoms with Crippen molar-refractivity contribution in [2.24, 2.45) is 0 Å². The molecule has 0 saturated carbocycles. The predicted molar refractivity (Wildman–Crippen MR) is 80.8 cm³/mol. The molecule has 3 heteroatoms. The molecule has 0 aromatic heterocycles. The highest BCUT2D eigenvalue weighted by molar-refractivity contribution is 5.97. The zero-order chi connectivity index (χ0) is 13.8. The van der Waals surface area contributed by atoms with Crippen molar-refractivity contribution < 1.29 is 4.74 Å². The van der Waals surface area contributed by atoms with Crippen molar-refractivity contribution in [3.8, 4) is 5.75 Å². The maximum absolute atomic E-state index is 7.45. The number of nitrogens with one attached hydrogen (secondary N) is 1. The van der Waals surface area contributed by atoms with Gasteiger partial charge in [0.05, 0.1) is 6.26 Å². The number of fused-ring (bicyclic) bond motifs is 1. The summed E-state index contributed by atoms with van der Waals surface area (Å²) in [6, 6.07) is 11.6. The Kier molecular flexibility index (Phi) is 3.85. The molecule has 0 radical (unpaired) electrons. The van der Waals surface area contributed by atoms with Crippen LogP contribution in [0.15, 0.2) is 48.2 Å². The lowest BCUT2D eigenvalue weighted by Gasteiger charge is -2.08. The molecular formula is C16H18N2O. The third-order valence-corrected chi connectivity index (χ3v) is 2.85. The summed E-state index contributed by atoms with van der Waals surface area (Å²) >= 11 is 0. The fourth-order valence-corrected chi connectivity index (χ4v) is 2.02. The molecule has 2 aromatic carbocycles. The van der Waals surface area contributed by atoms with Gasteiger partial charge in [0.25, 0.3) is 0 Å². The highest BCUT2D eigenvalue weighted by Crippen LogP contribution is 2.30. The number of ether oxygens (including phenoxy) is 1. The molecule has 0 aliphatic rings. The van der Waals surface area contributed by atoms with Crippen LogP contribution in [0.1, 0.15) is 20.3 Å². The number of anilines is 1.